The minimum Gasteiger partial charge on any atom is -0.341 e. The summed E-state index contributed by atoms with van der Waals surface area (Å²) in [6.07, 6.45) is -2.91. The van der Waals surface area contributed by atoms with E-state index in [0.717, 1.165) is 18.6 Å². The van der Waals surface area contributed by atoms with Gasteiger partial charge in [-0.25, -0.2) is 0 Å². The number of alkyl halides is 3. The summed E-state index contributed by atoms with van der Waals surface area (Å²) in [6, 6.07) is 5.32. The highest BCUT2D eigenvalue weighted by molar-refractivity contribution is 5.83. The standard InChI is InChI=1S/C15H17F3N2O/c16-15(17,18)10-3-1-2-9(6-10)12-7-13(12)14(21)20-5-4-11(19)8-20/h1-3,6,11-13H,4-5,7-8,19H2/t11-,12+,13-/m1/s1. The molecule has 2 fully saturated rings. The van der Waals surface area contributed by atoms with Gasteiger partial charge in [0.15, 0.2) is 0 Å². The van der Waals surface area contributed by atoms with Crippen molar-refractivity contribution >= 4 is 5.91 Å². The van der Waals surface area contributed by atoms with E-state index < -0.39 is 11.7 Å². The summed E-state index contributed by atoms with van der Waals surface area (Å²) < 4.78 is 38.1. The van der Waals surface area contributed by atoms with Crippen LogP contribution in [0, 0.1) is 5.92 Å². The van der Waals surface area contributed by atoms with Crippen molar-refractivity contribution in [3.05, 3.63) is 35.4 Å². The Labute approximate surface area is 120 Å². The third-order valence-electron chi connectivity index (χ3n) is 4.29. The van der Waals surface area contributed by atoms with Crippen molar-refractivity contribution in [3.63, 3.8) is 0 Å². The normalized spacial score (nSPS) is 28.8. The van der Waals surface area contributed by atoms with Gasteiger partial charge >= 0.3 is 6.18 Å². The van der Waals surface area contributed by atoms with Crippen molar-refractivity contribution < 1.29 is 18.0 Å². The number of carbonyl (C=O) groups is 1. The molecule has 1 heterocycles. The summed E-state index contributed by atoms with van der Waals surface area (Å²) in [4.78, 5) is 14.0. The first-order chi connectivity index (χ1) is 9.86. The number of hydrogen-bond donors (Lipinski definition) is 1. The largest absolute Gasteiger partial charge is 0.416 e. The van der Waals surface area contributed by atoms with Crippen molar-refractivity contribution in [1.82, 2.24) is 4.90 Å². The van der Waals surface area contributed by atoms with Gasteiger partial charge < -0.3 is 10.6 Å². The molecule has 3 nitrogen and oxygen atoms in total. The van der Waals surface area contributed by atoms with E-state index in [-0.39, 0.29) is 23.8 Å². The molecule has 3 atom stereocenters. The fourth-order valence-electron chi connectivity index (χ4n) is 3.00. The first kappa shape index (κ1) is 14.4. The summed E-state index contributed by atoms with van der Waals surface area (Å²) in [7, 11) is 0. The lowest BCUT2D eigenvalue weighted by Crippen LogP contribution is -2.33. The van der Waals surface area contributed by atoms with Crippen molar-refractivity contribution in [1.29, 1.82) is 0 Å². The van der Waals surface area contributed by atoms with Crippen LogP contribution in [0.15, 0.2) is 24.3 Å². The second-order valence-corrected chi connectivity index (χ2v) is 5.90. The monoisotopic (exact) mass is 298 g/mol. The molecule has 0 bridgehead atoms. The first-order valence-corrected chi connectivity index (χ1v) is 7.08. The maximum atomic E-state index is 12.7. The Morgan fingerprint density at radius 2 is 2.10 bits per heavy atom. The van der Waals surface area contributed by atoms with Gasteiger partial charge in [-0.1, -0.05) is 18.2 Å². The SMILES string of the molecule is N[C@@H]1CCN(C(=O)[C@@H]2C[C@H]2c2cccc(C(F)(F)F)c2)C1. The Bertz CT molecular complexity index is 558. The van der Waals surface area contributed by atoms with E-state index >= 15 is 0 Å². The number of nitrogens with zero attached hydrogens (tertiary/aromatic N) is 1. The molecule has 6 heteroatoms. The zero-order valence-electron chi connectivity index (χ0n) is 11.4. The molecular formula is C15H17F3N2O. The Morgan fingerprint density at radius 1 is 1.33 bits per heavy atom. The Kier molecular flexibility index (Phi) is 3.43. The van der Waals surface area contributed by atoms with Crippen LogP contribution in [0.1, 0.15) is 29.9 Å². The van der Waals surface area contributed by atoms with E-state index in [2.05, 4.69) is 0 Å². The second-order valence-electron chi connectivity index (χ2n) is 5.90. The lowest BCUT2D eigenvalue weighted by atomic mass is 10.1. The second kappa shape index (κ2) is 5.02. The molecule has 2 aliphatic rings. The average Bonchev–Trinajstić information content (AvgIpc) is 3.12. The molecule has 1 saturated heterocycles. The Hall–Kier alpha value is -1.56. The average molecular weight is 298 g/mol. The van der Waals surface area contributed by atoms with Crippen molar-refractivity contribution in [3.8, 4) is 0 Å². The van der Waals surface area contributed by atoms with Gasteiger partial charge in [0.2, 0.25) is 5.91 Å². The number of carbonyl (C=O) groups excluding carboxylic acids is 1. The molecule has 114 valence electrons. The quantitative estimate of drug-likeness (QED) is 0.911. The Morgan fingerprint density at radius 3 is 2.71 bits per heavy atom. The highest BCUT2D eigenvalue weighted by Crippen LogP contribution is 2.49. The maximum Gasteiger partial charge on any atom is 0.416 e. The maximum absolute atomic E-state index is 12.7. The molecule has 1 aliphatic heterocycles. The predicted octanol–water partition coefficient (Wildman–Crippen LogP) is 2.37. The third-order valence-corrected chi connectivity index (χ3v) is 4.29. The van der Waals surface area contributed by atoms with Gasteiger partial charge in [0.05, 0.1) is 5.56 Å². The van der Waals surface area contributed by atoms with Crippen LogP contribution in [0.2, 0.25) is 0 Å². The molecule has 0 spiro atoms. The minimum absolute atomic E-state index is 0.0275. The van der Waals surface area contributed by atoms with E-state index in [4.69, 9.17) is 5.73 Å². The number of halogens is 3. The van der Waals surface area contributed by atoms with Crippen LogP contribution in [-0.2, 0) is 11.0 Å². The molecule has 1 saturated carbocycles. The highest BCUT2D eigenvalue weighted by atomic mass is 19.4. The van der Waals surface area contributed by atoms with E-state index in [0.29, 0.717) is 25.1 Å². The van der Waals surface area contributed by atoms with Crippen molar-refractivity contribution in [2.75, 3.05) is 13.1 Å². The third kappa shape index (κ3) is 2.90. The van der Waals surface area contributed by atoms with Crippen LogP contribution < -0.4 is 5.73 Å². The topological polar surface area (TPSA) is 46.3 Å². The number of benzene rings is 1. The summed E-state index contributed by atoms with van der Waals surface area (Å²) in [5.41, 5.74) is 5.73. The van der Waals surface area contributed by atoms with E-state index in [1.54, 1.807) is 11.0 Å². The number of likely N-dealkylation sites (tertiary alicyclic amines) is 1. The molecular weight excluding hydrogens is 281 g/mol. The van der Waals surface area contributed by atoms with Gasteiger partial charge in [-0.15, -0.1) is 0 Å². The van der Waals surface area contributed by atoms with Crippen LogP contribution in [0.3, 0.4) is 0 Å². The molecule has 21 heavy (non-hydrogen) atoms. The molecule has 1 aromatic rings. The van der Waals surface area contributed by atoms with Gasteiger partial charge in [0, 0.05) is 25.0 Å². The first-order valence-electron chi connectivity index (χ1n) is 7.08. The summed E-state index contributed by atoms with van der Waals surface area (Å²) >= 11 is 0. The number of rotatable bonds is 2. The fourth-order valence-corrected chi connectivity index (χ4v) is 3.00. The number of nitrogens with two attached hydrogens (primary N) is 1. The summed E-state index contributed by atoms with van der Waals surface area (Å²) in [5, 5.41) is 0. The minimum atomic E-state index is -4.34. The lowest BCUT2D eigenvalue weighted by molar-refractivity contribution is -0.137. The molecule has 1 amide bonds. The van der Waals surface area contributed by atoms with Gasteiger partial charge in [-0.05, 0) is 30.4 Å². The van der Waals surface area contributed by atoms with Crippen molar-refractivity contribution in [2.24, 2.45) is 11.7 Å². The highest BCUT2D eigenvalue weighted by Gasteiger charge is 2.47. The van der Waals surface area contributed by atoms with Crippen LogP contribution in [-0.4, -0.2) is 29.9 Å². The summed E-state index contributed by atoms with van der Waals surface area (Å²) in [6.45, 7) is 1.22. The van der Waals surface area contributed by atoms with Gasteiger partial charge in [-0.3, -0.25) is 4.79 Å². The molecule has 2 N–H and O–H groups in total. The smallest absolute Gasteiger partial charge is 0.341 e. The molecule has 0 aromatic heterocycles. The summed E-state index contributed by atoms with van der Waals surface area (Å²) in [5.74, 6) is -0.235. The van der Waals surface area contributed by atoms with Crippen LogP contribution in [0.25, 0.3) is 0 Å². The van der Waals surface area contributed by atoms with Gasteiger partial charge in [0.1, 0.15) is 0 Å². The van der Waals surface area contributed by atoms with E-state index in [1.807, 2.05) is 0 Å². The molecule has 1 aliphatic carbocycles. The van der Waals surface area contributed by atoms with Crippen LogP contribution in [0.5, 0.6) is 0 Å². The lowest BCUT2D eigenvalue weighted by Gasteiger charge is -2.15. The van der Waals surface area contributed by atoms with Gasteiger partial charge in [-0.2, -0.15) is 13.2 Å². The van der Waals surface area contributed by atoms with Gasteiger partial charge in [0.25, 0.3) is 0 Å². The molecule has 1 aromatic carbocycles. The number of amides is 1. The molecule has 3 rings (SSSR count). The predicted molar refractivity (Wildman–Crippen MR) is 71.5 cm³/mol. The number of hydrogen-bond acceptors (Lipinski definition) is 2. The van der Waals surface area contributed by atoms with Crippen molar-refractivity contribution in [2.45, 2.75) is 31.0 Å². The zero-order chi connectivity index (χ0) is 15.2. The van der Waals surface area contributed by atoms with Crippen LogP contribution in [0.4, 0.5) is 13.2 Å². The fraction of sp³-hybridized carbons (Fsp3) is 0.533. The Balaban J connectivity index is 1.69. The molecule has 0 unspecified atom stereocenters. The van der Waals surface area contributed by atoms with E-state index in [1.165, 1.54) is 6.07 Å². The van der Waals surface area contributed by atoms with Crippen LogP contribution >= 0.6 is 0 Å². The van der Waals surface area contributed by atoms with E-state index in [9.17, 15) is 18.0 Å². The zero-order valence-corrected chi connectivity index (χ0v) is 11.4. The molecule has 0 radical (unpaired) electrons.